The van der Waals surface area contributed by atoms with E-state index in [1.54, 1.807) is 0 Å². The molecule has 0 atom stereocenters. The largest absolute Gasteiger partial charge is 0.0622 e. The van der Waals surface area contributed by atoms with E-state index in [1.165, 1.54) is 99.4 Å². The third kappa shape index (κ3) is 5.11. The van der Waals surface area contributed by atoms with Crippen molar-refractivity contribution in [3.8, 4) is 55.6 Å². The van der Waals surface area contributed by atoms with Gasteiger partial charge >= 0.3 is 0 Å². The zero-order chi connectivity index (χ0) is 32.8. The van der Waals surface area contributed by atoms with Crippen molar-refractivity contribution in [2.45, 2.75) is 27.7 Å². The predicted octanol–water partition coefficient (Wildman–Crippen LogP) is 13.6. The molecule has 0 heterocycles. The van der Waals surface area contributed by atoms with E-state index in [1.807, 2.05) is 0 Å². The van der Waals surface area contributed by atoms with Crippen LogP contribution >= 0.6 is 0 Å². The summed E-state index contributed by atoms with van der Waals surface area (Å²) in [6.45, 7) is 9.13. The van der Waals surface area contributed by atoms with Crippen molar-refractivity contribution < 1.29 is 0 Å². The molecule has 0 radical (unpaired) electrons. The van der Waals surface area contributed by atoms with Crippen LogP contribution in [0.1, 0.15) is 22.3 Å². The minimum absolute atomic E-state index is 1.24. The van der Waals surface area contributed by atoms with Crippen molar-refractivity contribution >= 4 is 21.5 Å². The van der Waals surface area contributed by atoms with Gasteiger partial charge in [0.05, 0.1) is 0 Å². The van der Waals surface area contributed by atoms with Crippen LogP contribution in [0.5, 0.6) is 0 Å². The van der Waals surface area contributed by atoms with E-state index < -0.39 is 0 Å². The molecule has 0 heteroatoms. The number of benzene rings is 8. The van der Waals surface area contributed by atoms with Gasteiger partial charge < -0.3 is 0 Å². The summed E-state index contributed by atoms with van der Waals surface area (Å²) in [5.41, 5.74) is 17.9. The van der Waals surface area contributed by atoms with Crippen molar-refractivity contribution in [2.24, 2.45) is 0 Å². The van der Waals surface area contributed by atoms with Gasteiger partial charge in [0.1, 0.15) is 0 Å². The van der Waals surface area contributed by atoms with Crippen molar-refractivity contribution in [1.29, 1.82) is 0 Å². The Morgan fingerprint density at radius 2 is 0.667 bits per heavy atom. The lowest BCUT2D eigenvalue weighted by Crippen LogP contribution is -1.98. The van der Waals surface area contributed by atoms with Crippen molar-refractivity contribution in [3.63, 3.8) is 0 Å². The second kappa shape index (κ2) is 12.1. The van der Waals surface area contributed by atoms with E-state index in [0.717, 1.165) is 0 Å². The van der Waals surface area contributed by atoms with Crippen LogP contribution in [-0.2, 0) is 0 Å². The molecule has 0 amide bonds. The van der Waals surface area contributed by atoms with Gasteiger partial charge in [0.15, 0.2) is 0 Å². The lowest BCUT2D eigenvalue weighted by molar-refractivity contribution is 1.39. The van der Waals surface area contributed by atoms with Gasteiger partial charge in [-0.1, -0.05) is 133 Å². The zero-order valence-electron chi connectivity index (χ0n) is 28.0. The van der Waals surface area contributed by atoms with Crippen LogP contribution in [0.2, 0.25) is 0 Å². The third-order valence-electron chi connectivity index (χ3n) is 10.1. The van der Waals surface area contributed by atoms with Gasteiger partial charge in [-0.05, 0) is 151 Å². The van der Waals surface area contributed by atoms with Gasteiger partial charge in [0.2, 0.25) is 0 Å². The summed E-state index contributed by atoms with van der Waals surface area (Å²) in [6.07, 6.45) is 0. The van der Waals surface area contributed by atoms with E-state index in [9.17, 15) is 0 Å². The molecule has 230 valence electrons. The lowest BCUT2D eigenvalue weighted by Gasteiger charge is -2.23. The van der Waals surface area contributed by atoms with Crippen LogP contribution in [-0.4, -0.2) is 0 Å². The van der Waals surface area contributed by atoms with Gasteiger partial charge in [0.25, 0.3) is 0 Å². The summed E-state index contributed by atoms with van der Waals surface area (Å²) in [5, 5.41) is 5.09. The molecule has 0 saturated carbocycles. The first-order chi connectivity index (χ1) is 23.5. The lowest BCUT2D eigenvalue weighted by atomic mass is 9.81. The Labute approximate surface area is 284 Å². The maximum atomic E-state index is 2.40. The summed E-state index contributed by atoms with van der Waals surface area (Å²) < 4.78 is 0. The highest BCUT2D eigenvalue weighted by Gasteiger charge is 2.21. The number of aryl methyl sites for hydroxylation is 2. The van der Waals surface area contributed by atoms with Crippen LogP contribution < -0.4 is 0 Å². The summed E-state index contributed by atoms with van der Waals surface area (Å²) in [5.74, 6) is 0. The molecule has 0 nitrogen and oxygen atoms in total. The van der Waals surface area contributed by atoms with Gasteiger partial charge in [-0.25, -0.2) is 0 Å². The molecule has 8 rings (SSSR count). The van der Waals surface area contributed by atoms with Crippen molar-refractivity contribution in [1.82, 2.24) is 0 Å². The number of rotatable bonds is 5. The molecular formula is C48H38. The van der Waals surface area contributed by atoms with Gasteiger partial charge in [0, 0.05) is 0 Å². The fraction of sp³-hybridized carbons (Fsp3) is 0.0833. The number of hydrogen-bond donors (Lipinski definition) is 0. The Morgan fingerprint density at radius 3 is 1.08 bits per heavy atom. The standard InChI is InChI=1S/C48H38/c1-31-23-25-37(35-15-7-5-8-16-35)27-43(31)45-29-39-19-11-13-21-41(39)47(33(45)3)48-34(4)46(30-40-20-12-14-22-42(40)48)44-28-38(26-24-32(44)2)36-17-9-6-10-18-36/h5-30H,1-4H3. The van der Waals surface area contributed by atoms with Gasteiger partial charge in [-0.3, -0.25) is 0 Å². The Bertz CT molecular complexity index is 2290. The summed E-state index contributed by atoms with van der Waals surface area (Å²) in [4.78, 5) is 0. The molecule has 0 fully saturated rings. The van der Waals surface area contributed by atoms with Crippen LogP contribution in [0.25, 0.3) is 77.2 Å². The van der Waals surface area contributed by atoms with E-state index in [4.69, 9.17) is 0 Å². The van der Waals surface area contributed by atoms with Gasteiger partial charge in [-0.15, -0.1) is 0 Å². The first-order valence-corrected chi connectivity index (χ1v) is 16.9. The van der Waals surface area contributed by atoms with Crippen LogP contribution in [0.4, 0.5) is 0 Å². The molecule has 0 saturated heterocycles. The predicted molar refractivity (Wildman–Crippen MR) is 208 cm³/mol. The van der Waals surface area contributed by atoms with E-state index in [0.29, 0.717) is 0 Å². The molecule has 48 heavy (non-hydrogen) atoms. The summed E-state index contributed by atoms with van der Waals surface area (Å²) >= 11 is 0. The fourth-order valence-electron chi connectivity index (χ4n) is 7.55. The Morgan fingerprint density at radius 1 is 0.292 bits per heavy atom. The van der Waals surface area contributed by atoms with Crippen molar-refractivity contribution in [2.75, 3.05) is 0 Å². The molecule has 0 aromatic heterocycles. The Hall–Kier alpha value is -5.72. The highest BCUT2D eigenvalue weighted by Crippen LogP contribution is 2.46. The summed E-state index contributed by atoms with van der Waals surface area (Å²) in [7, 11) is 0. The molecule has 8 aromatic rings. The minimum Gasteiger partial charge on any atom is -0.0622 e. The van der Waals surface area contributed by atoms with Crippen LogP contribution in [0, 0.1) is 27.7 Å². The van der Waals surface area contributed by atoms with E-state index in [2.05, 4.69) is 185 Å². The number of hydrogen-bond acceptors (Lipinski definition) is 0. The highest BCUT2D eigenvalue weighted by atomic mass is 14.2. The molecule has 0 aliphatic rings. The van der Waals surface area contributed by atoms with Gasteiger partial charge in [-0.2, -0.15) is 0 Å². The third-order valence-corrected chi connectivity index (χ3v) is 10.1. The quantitative estimate of drug-likeness (QED) is 0.181. The normalized spacial score (nSPS) is 11.3. The fourth-order valence-corrected chi connectivity index (χ4v) is 7.55. The minimum atomic E-state index is 1.24. The molecule has 0 spiro atoms. The molecule has 0 bridgehead atoms. The SMILES string of the molecule is Cc1ccc(-c2ccccc2)cc1-c1cc2ccccc2c(-c2c(C)c(-c3cc(-c4ccccc4)ccc3C)cc3ccccc23)c1C. The number of fused-ring (bicyclic) bond motifs is 2. The first kappa shape index (κ1) is 29.7. The maximum absolute atomic E-state index is 2.40. The maximum Gasteiger partial charge on any atom is -0.00608 e. The summed E-state index contributed by atoms with van der Waals surface area (Å²) in [6, 6.07) is 57.9. The smallest absolute Gasteiger partial charge is 0.00608 e. The molecule has 0 N–H and O–H groups in total. The van der Waals surface area contributed by atoms with E-state index >= 15 is 0 Å². The molecule has 0 unspecified atom stereocenters. The van der Waals surface area contributed by atoms with Crippen LogP contribution in [0.15, 0.2) is 158 Å². The molecular weight excluding hydrogens is 577 g/mol. The van der Waals surface area contributed by atoms with Crippen molar-refractivity contribution in [3.05, 3.63) is 180 Å². The Kier molecular flexibility index (Phi) is 7.50. The average Bonchev–Trinajstić information content (AvgIpc) is 3.13. The second-order valence-corrected chi connectivity index (χ2v) is 13.1. The average molecular weight is 615 g/mol. The second-order valence-electron chi connectivity index (χ2n) is 13.1. The topological polar surface area (TPSA) is 0 Å². The molecule has 8 aromatic carbocycles. The monoisotopic (exact) mass is 614 g/mol. The van der Waals surface area contributed by atoms with Crippen LogP contribution in [0.3, 0.4) is 0 Å². The zero-order valence-corrected chi connectivity index (χ0v) is 28.0. The first-order valence-electron chi connectivity index (χ1n) is 16.9. The molecule has 0 aliphatic carbocycles. The Balaban J connectivity index is 1.43. The van der Waals surface area contributed by atoms with E-state index in [-0.39, 0.29) is 0 Å². The highest BCUT2D eigenvalue weighted by molar-refractivity contribution is 6.12. The molecule has 0 aliphatic heterocycles.